The van der Waals surface area contributed by atoms with Crippen LogP contribution in [0.5, 0.6) is 0 Å². The van der Waals surface area contributed by atoms with Crippen LogP contribution in [0, 0.1) is 16.2 Å². The average Bonchev–Trinajstić information content (AvgIpc) is 2.12. The molecular weight excluding hydrogens is 206 g/mol. The van der Waals surface area contributed by atoms with Crippen LogP contribution in [0.25, 0.3) is 0 Å². The predicted molar refractivity (Wildman–Crippen MR) is 75.2 cm³/mol. The number of likely N-dealkylation sites (tertiary alicyclic amines) is 1. The highest BCUT2D eigenvalue weighted by Gasteiger charge is 2.52. The predicted octanol–water partition coefficient (Wildman–Crippen LogP) is 4.32. The Morgan fingerprint density at radius 2 is 1.41 bits per heavy atom. The van der Waals surface area contributed by atoms with Crippen molar-refractivity contribution >= 4 is 0 Å². The number of nitrogens with zero attached hydrogens (tertiary/aromatic N) is 1. The summed E-state index contributed by atoms with van der Waals surface area (Å²) in [6.45, 7) is 17.3. The van der Waals surface area contributed by atoms with Crippen molar-refractivity contribution in [3.63, 3.8) is 0 Å². The second-order valence-electron chi connectivity index (χ2n) is 8.31. The molecule has 0 spiro atoms. The smallest absolute Gasteiger partial charge is 0.00390 e. The van der Waals surface area contributed by atoms with Crippen molar-refractivity contribution in [3.05, 3.63) is 0 Å². The van der Waals surface area contributed by atoms with E-state index >= 15 is 0 Å². The van der Waals surface area contributed by atoms with Crippen LogP contribution in [0.2, 0.25) is 0 Å². The fourth-order valence-corrected chi connectivity index (χ4v) is 5.15. The second-order valence-corrected chi connectivity index (χ2v) is 8.31. The van der Waals surface area contributed by atoms with Gasteiger partial charge in [0.2, 0.25) is 0 Å². The van der Waals surface area contributed by atoms with Crippen molar-refractivity contribution in [3.8, 4) is 0 Å². The van der Waals surface area contributed by atoms with Crippen LogP contribution in [0.3, 0.4) is 0 Å². The topological polar surface area (TPSA) is 3.24 Å². The zero-order chi connectivity index (χ0) is 12.9. The second kappa shape index (κ2) is 3.98. The zero-order valence-corrected chi connectivity index (χ0v) is 12.8. The maximum absolute atomic E-state index is 2.72. The summed E-state index contributed by atoms with van der Waals surface area (Å²) in [5.74, 6) is 0. The Morgan fingerprint density at radius 1 is 0.941 bits per heavy atom. The van der Waals surface area contributed by atoms with Gasteiger partial charge in [-0.2, -0.15) is 0 Å². The first-order valence-electron chi connectivity index (χ1n) is 7.43. The van der Waals surface area contributed by atoms with Gasteiger partial charge in [0.15, 0.2) is 0 Å². The normalized spacial score (nSPS) is 47.5. The lowest BCUT2D eigenvalue weighted by atomic mass is 9.52. The van der Waals surface area contributed by atoms with Gasteiger partial charge in [-0.05, 0) is 49.4 Å². The van der Waals surface area contributed by atoms with Crippen molar-refractivity contribution in [2.75, 3.05) is 13.1 Å². The van der Waals surface area contributed by atoms with E-state index in [4.69, 9.17) is 0 Å². The molecule has 1 aliphatic carbocycles. The van der Waals surface area contributed by atoms with Gasteiger partial charge in [-0.3, -0.25) is 4.90 Å². The molecule has 2 rings (SSSR count). The van der Waals surface area contributed by atoms with Crippen molar-refractivity contribution in [2.45, 2.75) is 73.3 Å². The Morgan fingerprint density at radius 3 is 1.76 bits per heavy atom. The monoisotopic (exact) mass is 237 g/mol. The Balaban J connectivity index is 2.25. The molecule has 3 atom stereocenters. The minimum absolute atomic E-state index is 0.556. The third-order valence-corrected chi connectivity index (χ3v) is 5.31. The van der Waals surface area contributed by atoms with Gasteiger partial charge in [0.05, 0.1) is 0 Å². The maximum Gasteiger partial charge on any atom is 0.00390 e. The van der Waals surface area contributed by atoms with E-state index in [1.54, 1.807) is 0 Å². The van der Waals surface area contributed by atoms with E-state index in [0.717, 1.165) is 0 Å². The Kier molecular flexibility index (Phi) is 3.14. The van der Waals surface area contributed by atoms with Crippen LogP contribution in [0.4, 0.5) is 0 Å². The molecule has 2 fully saturated rings. The SMILES string of the molecule is CCC1(C)C[C@]2(C)CN(C(C)C)C[C@](C)(C1)C2. The number of hydrogen-bond donors (Lipinski definition) is 0. The fraction of sp³-hybridized carbons (Fsp3) is 1.00. The van der Waals surface area contributed by atoms with Crippen molar-refractivity contribution in [1.29, 1.82) is 0 Å². The summed E-state index contributed by atoms with van der Waals surface area (Å²) in [5.41, 5.74) is 1.70. The van der Waals surface area contributed by atoms with E-state index in [2.05, 4.69) is 46.4 Å². The first-order chi connectivity index (χ1) is 7.69. The van der Waals surface area contributed by atoms with Crippen molar-refractivity contribution < 1.29 is 0 Å². The first-order valence-corrected chi connectivity index (χ1v) is 7.43. The summed E-state index contributed by atoms with van der Waals surface area (Å²) in [7, 11) is 0. The Hall–Kier alpha value is -0.0400. The summed E-state index contributed by atoms with van der Waals surface area (Å²) in [6.07, 6.45) is 5.64. The molecule has 0 N–H and O–H groups in total. The van der Waals surface area contributed by atoms with E-state index in [-0.39, 0.29) is 0 Å². The summed E-state index contributed by atoms with van der Waals surface area (Å²) in [4.78, 5) is 2.72. The van der Waals surface area contributed by atoms with Gasteiger partial charge in [0.25, 0.3) is 0 Å². The highest BCUT2D eigenvalue weighted by Crippen LogP contribution is 2.58. The Labute approximate surface area is 108 Å². The molecule has 1 nitrogen and oxygen atoms in total. The molecule has 0 aromatic rings. The fourth-order valence-electron chi connectivity index (χ4n) is 5.15. The zero-order valence-electron chi connectivity index (χ0n) is 12.8. The van der Waals surface area contributed by atoms with E-state index in [9.17, 15) is 0 Å². The maximum atomic E-state index is 2.72. The van der Waals surface area contributed by atoms with Gasteiger partial charge < -0.3 is 0 Å². The van der Waals surface area contributed by atoms with E-state index in [1.165, 1.54) is 38.8 Å². The van der Waals surface area contributed by atoms with Crippen LogP contribution in [0.1, 0.15) is 67.2 Å². The number of hydrogen-bond acceptors (Lipinski definition) is 1. The number of piperidine rings is 1. The van der Waals surface area contributed by atoms with Crippen molar-refractivity contribution in [1.82, 2.24) is 4.90 Å². The van der Waals surface area contributed by atoms with Gasteiger partial charge in [0.1, 0.15) is 0 Å². The van der Waals surface area contributed by atoms with Gasteiger partial charge >= 0.3 is 0 Å². The van der Waals surface area contributed by atoms with E-state index < -0.39 is 0 Å². The van der Waals surface area contributed by atoms with Gasteiger partial charge in [0, 0.05) is 19.1 Å². The summed E-state index contributed by atoms with van der Waals surface area (Å²) in [5, 5.41) is 0. The van der Waals surface area contributed by atoms with Crippen LogP contribution in [-0.2, 0) is 0 Å². The lowest BCUT2D eigenvalue weighted by Gasteiger charge is -2.60. The third kappa shape index (κ3) is 2.54. The number of rotatable bonds is 2. The molecule has 100 valence electrons. The molecule has 1 aliphatic heterocycles. The minimum Gasteiger partial charge on any atom is -0.300 e. The van der Waals surface area contributed by atoms with Crippen LogP contribution < -0.4 is 0 Å². The lowest BCUT2D eigenvalue weighted by Crippen LogP contribution is -2.58. The van der Waals surface area contributed by atoms with Crippen LogP contribution >= 0.6 is 0 Å². The molecule has 0 amide bonds. The third-order valence-electron chi connectivity index (χ3n) is 5.31. The standard InChI is InChI=1S/C16H31N/c1-7-14(4)8-15(5)10-16(6,9-14)12-17(11-15)13(2)3/h13H,7-12H2,1-6H3/t14?,15-,16+. The quantitative estimate of drug-likeness (QED) is 0.691. The van der Waals surface area contributed by atoms with E-state index in [0.29, 0.717) is 22.3 Å². The van der Waals surface area contributed by atoms with E-state index in [1.807, 2.05) is 0 Å². The molecule has 1 unspecified atom stereocenters. The lowest BCUT2D eigenvalue weighted by molar-refractivity contribution is -0.0977. The van der Waals surface area contributed by atoms with Gasteiger partial charge in [-0.15, -0.1) is 0 Å². The molecule has 2 aliphatic rings. The Bertz CT molecular complexity index is 276. The molecule has 1 heterocycles. The van der Waals surface area contributed by atoms with Crippen LogP contribution in [0.15, 0.2) is 0 Å². The average molecular weight is 237 g/mol. The molecule has 2 bridgehead atoms. The highest BCUT2D eigenvalue weighted by molar-refractivity contribution is 5.04. The molecule has 0 radical (unpaired) electrons. The molecule has 1 saturated carbocycles. The van der Waals surface area contributed by atoms with Crippen LogP contribution in [-0.4, -0.2) is 24.0 Å². The highest BCUT2D eigenvalue weighted by atomic mass is 15.2. The largest absolute Gasteiger partial charge is 0.300 e. The summed E-state index contributed by atoms with van der Waals surface area (Å²) >= 11 is 0. The molecule has 1 saturated heterocycles. The first kappa shape index (κ1) is 13.4. The molecule has 17 heavy (non-hydrogen) atoms. The number of fused-ring (bicyclic) bond motifs is 2. The van der Waals surface area contributed by atoms with Gasteiger partial charge in [-0.25, -0.2) is 0 Å². The molecule has 1 heteroatoms. The minimum atomic E-state index is 0.556. The molecule has 0 aromatic heterocycles. The van der Waals surface area contributed by atoms with Gasteiger partial charge in [-0.1, -0.05) is 34.1 Å². The van der Waals surface area contributed by atoms with Crippen molar-refractivity contribution in [2.24, 2.45) is 16.2 Å². The molecular formula is C16H31N. The summed E-state index contributed by atoms with van der Waals surface area (Å²) in [6, 6.07) is 0.708. The summed E-state index contributed by atoms with van der Waals surface area (Å²) < 4.78 is 0. The molecule has 0 aromatic carbocycles.